The van der Waals surface area contributed by atoms with Crippen LogP contribution in [0.4, 0.5) is 5.69 Å². The Kier molecular flexibility index (Phi) is 5.83. The number of aliphatic carboxylic acids is 1. The quantitative estimate of drug-likeness (QED) is 0.357. The van der Waals surface area contributed by atoms with Gasteiger partial charge in [0.2, 0.25) is 0 Å². The lowest BCUT2D eigenvalue weighted by molar-refractivity contribution is -0.384. The molecule has 2 atom stereocenters. The van der Waals surface area contributed by atoms with Crippen molar-refractivity contribution in [3.05, 3.63) is 39.9 Å². The number of carbonyl (C=O) groups is 2. The Bertz CT molecular complexity index is 542. The standard InChI is InChI=1S/C14H17NO6/c1-3-9(2)21-14(18)12(13(16)17)8-10-5-4-6-11(7-10)15(19)20/h4-7,9,12H,3,8H2,1-2H3,(H,16,17). The molecule has 0 saturated heterocycles. The molecule has 0 heterocycles. The van der Waals surface area contributed by atoms with E-state index in [4.69, 9.17) is 9.84 Å². The van der Waals surface area contributed by atoms with Crippen LogP contribution in [-0.4, -0.2) is 28.1 Å². The summed E-state index contributed by atoms with van der Waals surface area (Å²) in [6, 6.07) is 5.55. The number of nitro groups is 1. The SMILES string of the molecule is CCC(C)OC(=O)C(Cc1cccc([N+](=O)[O-])c1)C(=O)O. The second-order valence-electron chi connectivity index (χ2n) is 4.68. The molecule has 1 aromatic carbocycles. The molecular formula is C14H17NO6. The molecule has 0 aliphatic rings. The minimum absolute atomic E-state index is 0.146. The van der Waals surface area contributed by atoms with Gasteiger partial charge in [-0.2, -0.15) is 0 Å². The fourth-order valence-corrected chi connectivity index (χ4v) is 1.67. The van der Waals surface area contributed by atoms with Crippen LogP contribution < -0.4 is 0 Å². The molecule has 2 unspecified atom stereocenters. The number of esters is 1. The molecule has 1 rings (SSSR count). The molecule has 0 bridgehead atoms. The normalized spacial score (nSPS) is 13.2. The van der Waals surface area contributed by atoms with Gasteiger partial charge in [0, 0.05) is 12.1 Å². The Morgan fingerprint density at radius 2 is 2.10 bits per heavy atom. The van der Waals surface area contributed by atoms with Crippen molar-refractivity contribution in [2.45, 2.75) is 32.8 Å². The van der Waals surface area contributed by atoms with Gasteiger partial charge in [-0.15, -0.1) is 0 Å². The van der Waals surface area contributed by atoms with Crippen LogP contribution in [-0.2, 0) is 20.7 Å². The topological polar surface area (TPSA) is 107 Å². The zero-order valence-corrected chi connectivity index (χ0v) is 11.8. The van der Waals surface area contributed by atoms with Gasteiger partial charge in [0.05, 0.1) is 11.0 Å². The molecule has 7 nitrogen and oxygen atoms in total. The first-order valence-electron chi connectivity index (χ1n) is 6.51. The lowest BCUT2D eigenvalue weighted by Crippen LogP contribution is -2.30. The van der Waals surface area contributed by atoms with Crippen molar-refractivity contribution in [3.8, 4) is 0 Å². The smallest absolute Gasteiger partial charge is 0.320 e. The van der Waals surface area contributed by atoms with Crippen LogP contribution in [0.3, 0.4) is 0 Å². The lowest BCUT2D eigenvalue weighted by atomic mass is 9.99. The predicted octanol–water partition coefficient (Wildman–Crippen LogP) is 2.18. The molecule has 7 heteroatoms. The van der Waals surface area contributed by atoms with E-state index in [1.807, 2.05) is 6.92 Å². The number of benzene rings is 1. The lowest BCUT2D eigenvalue weighted by Gasteiger charge is -2.15. The third-order valence-electron chi connectivity index (χ3n) is 3.04. The Balaban J connectivity index is 2.88. The summed E-state index contributed by atoms with van der Waals surface area (Å²) in [6.07, 6.45) is 0.0608. The van der Waals surface area contributed by atoms with Crippen molar-refractivity contribution in [2.24, 2.45) is 5.92 Å². The van der Waals surface area contributed by atoms with Gasteiger partial charge in [-0.1, -0.05) is 19.1 Å². The van der Waals surface area contributed by atoms with Crippen LogP contribution in [0, 0.1) is 16.0 Å². The second-order valence-corrected chi connectivity index (χ2v) is 4.68. The van der Waals surface area contributed by atoms with Crippen LogP contribution in [0.1, 0.15) is 25.8 Å². The third kappa shape index (κ3) is 4.87. The first-order valence-corrected chi connectivity index (χ1v) is 6.51. The highest BCUT2D eigenvalue weighted by Crippen LogP contribution is 2.18. The van der Waals surface area contributed by atoms with Gasteiger partial charge in [0.15, 0.2) is 5.92 Å². The molecule has 1 aromatic rings. The predicted molar refractivity (Wildman–Crippen MR) is 73.8 cm³/mol. The van der Waals surface area contributed by atoms with Gasteiger partial charge >= 0.3 is 11.9 Å². The van der Waals surface area contributed by atoms with E-state index in [-0.39, 0.29) is 18.2 Å². The van der Waals surface area contributed by atoms with Crippen molar-refractivity contribution in [3.63, 3.8) is 0 Å². The summed E-state index contributed by atoms with van der Waals surface area (Å²) < 4.78 is 5.02. The van der Waals surface area contributed by atoms with E-state index in [0.29, 0.717) is 12.0 Å². The Hall–Kier alpha value is -2.44. The number of ether oxygens (including phenoxy) is 1. The molecule has 0 spiro atoms. The molecule has 0 aromatic heterocycles. The summed E-state index contributed by atoms with van der Waals surface area (Å²) in [7, 11) is 0. The Morgan fingerprint density at radius 3 is 2.62 bits per heavy atom. The highest BCUT2D eigenvalue weighted by molar-refractivity contribution is 5.94. The average Bonchev–Trinajstić information content (AvgIpc) is 2.44. The maximum atomic E-state index is 11.8. The number of hydrogen-bond acceptors (Lipinski definition) is 5. The average molecular weight is 295 g/mol. The number of hydrogen-bond donors (Lipinski definition) is 1. The van der Waals surface area contributed by atoms with Crippen molar-refractivity contribution in [1.82, 2.24) is 0 Å². The first kappa shape index (κ1) is 16.6. The van der Waals surface area contributed by atoms with Gasteiger partial charge < -0.3 is 9.84 Å². The fraction of sp³-hybridized carbons (Fsp3) is 0.429. The van der Waals surface area contributed by atoms with Gasteiger partial charge in [-0.25, -0.2) is 0 Å². The summed E-state index contributed by atoms with van der Waals surface area (Å²) in [5.41, 5.74) is 0.254. The molecular weight excluding hydrogens is 278 g/mol. The molecule has 114 valence electrons. The van der Waals surface area contributed by atoms with Crippen LogP contribution in [0.25, 0.3) is 0 Å². The number of carboxylic acids is 1. The number of carboxylic acid groups (broad SMARTS) is 1. The Morgan fingerprint density at radius 1 is 1.43 bits per heavy atom. The molecule has 0 aliphatic carbocycles. The monoisotopic (exact) mass is 295 g/mol. The molecule has 1 N–H and O–H groups in total. The molecule has 0 radical (unpaired) electrons. The number of nitrogens with zero attached hydrogens (tertiary/aromatic N) is 1. The minimum atomic E-state index is -1.37. The summed E-state index contributed by atoms with van der Waals surface area (Å²) >= 11 is 0. The molecule has 0 aliphatic heterocycles. The molecule has 0 amide bonds. The van der Waals surface area contributed by atoms with E-state index in [1.54, 1.807) is 13.0 Å². The van der Waals surface area contributed by atoms with Crippen molar-refractivity contribution >= 4 is 17.6 Å². The summed E-state index contributed by atoms with van der Waals surface area (Å²) in [5, 5.41) is 19.8. The number of non-ortho nitro benzene ring substituents is 1. The van der Waals surface area contributed by atoms with E-state index in [9.17, 15) is 19.7 Å². The summed E-state index contributed by atoms with van der Waals surface area (Å²) in [6.45, 7) is 3.48. The fourth-order valence-electron chi connectivity index (χ4n) is 1.67. The molecule has 0 fully saturated rings. The second kappa shape index (κ2) is 7.37. The van der Waals surface area contributed by atoms with E-state index in [1.165, 1.54) is 18.2 Å². The van der Waals surface area contributed by atoms with Gasteiger partial charge in [-0.3, -0.25) is 19.7 Å². The van der Waals surface area contributed by atoms with E-state index in [0.717, 1.165) is 0 Å². The maximum Gasteiger partial charge on any atom is 0.320 e. The zero-order valence-electron chi connectivity index (χ0n) is 11.8. The molecule has 0 saturated carbocycles. The molecule has 21 heavy (non-hydrogen) atoms. The zero-order chi connectivity index (χ0) is 16.0. The van der Waals surface area contributed by atoms with E-state index < -0.39 is 22.8 Å². The van der Waals surface area contributed by atoms with Crippen LogP contribution >= 0.6 is 0 Å². The summed E-state index contributed by atoms with van der Waals surface area (Å²) in [5.74, 6) is -3.51. The van der Waals surface area contributed by atoms with E-state index >= 15 is 0 Å². The number of rotatable bonds is 7. The van der Waals surface area contributed by atoms with Crippen molar-refractivity contribution in [1.29, 1.82) is 0 Å². The van der Waals surface area contributed by atoms with Crippen LogP contribution in [0.5, 0.6) is 0 Å². The first-order chi connectivity index (χ1) is 9.85. The van der Waals surface area contributed by atoms with Crippen LogP contribution in [0.15, 0.2) is 24.3 Å². The third-order valence-corrected chi connectivity index (χ3v) is 3.04. The van der Waals surface area contributed by atoms with E-state index in [2.05, 4.69) is 0 Å². The largest absolute Gasteiger partial charge is 0.481 e. The van der Waals surface area contributed by atoms with Gasteiger partial charge in [-0.05, 0) is 25.3 Å². The summed E-state index contributed by atoms with van der Waals surface area (Å²) in [4.78, 5) is 33.2. The highest BCUT2D eigenvalue weighted by atomic mass is 16.6. The van der Waals surface area contributed by atoms with Gasteiger partial charge in [0.25, 0.3) is 5.69 Å². The maximum absolute atomic E-state index is 11.8. The minimum Gasteiger partial charge on any atom is -0.481 e. The van der Waals surface area contributed by atoms with Crippen molar-refractivity contribution < 1.29 is 24.4 Å². The Labute approximate surface area is 121 Å². The van der Waals surface area contributed by atoms with Crippen LogP contribution in [0.2, 0.25) is 0 Å². The number of carbonyl (C=O) groups excluding carboxylic acids is 1. The van der Waals surface area contributed by atoms with Gasteiger partial charge in [0.1, 0.15) is 0 Å². The van der Waals surface area contributed by atoms with Crippen molar-refractivity contribution in [2.75, 3.05) is 0 Å². The highest BCUT2D eigenvalue weighted by Gasteiger charge is 2.29. The number of nitro benzene ring substituents is 1.